The van der Waals surface area contributed by atoms with Crippen LogP contribution in [-0.2, 0) is 0 Å². The Balaban J connectivity index is 1.46. The third kappa shape index (κ3) is 2.71. The number of pyridine rings is 1. The van der Waals surface area contributed by atoms with E-state index in [4.69, 9.17) is 5.10 Å². The Morgan fingerprint density at radius 1 is 0.821 bits per heavy atom. The van der Waals surface area contributed by atoms with E-state index in [9.17, 15) is 5.26 Å². The summed E-state index contributed by atoms with van der Waals surface area (Å²) in [6.45, 7) is 3.46. The zero-order valence-corrected chi connectivity index (χ0v) is 15.4. The van der Waals surface area contributed by atoms with Crippen molar-refractivity contribution in [2.75, 3.05) is 31.1 Å². The molecular formula is C23H19N5. The standard InChI is InChI=1S/C23H19N5/c24-16-17-6-5-9-20-22(17)18-7-1-2-8-19(18)23(20)26-28-14-12-27(13-15-28)21-10-3-4-11-25-21/h1-11H,12-15H2. The number of hydrogen-bond donors (Lipinski definition) is 0. The van der Waals surface area contributed by atoms with Crippen LogP contribution in [0.15, 0.2) is 72.0 Å². The van der Waals surface area contributed by atoms with Gasteiger partial charge in [-0.3, -0.25) is 5.01 Å². The molecule has 0 spiro atoms. The van der Waals surface area contributed by atoms with Crippen LogP contribution in [0, 0.1) is 11.3 Å². The van der Waals surface area contributed by atoms with Gasteiger partial charge in [0.2, 0.25) is 0 Å². The zero-order chi connectivity index (χ0) is 18.9. The van der Waals surface area contributed by atoms with Gasteiger partial charge in [0.1, 0.15) is 5.82 Å². The van der Waals surface area contributed by atoms with Crippen molar-refractivity contribution in [1.29, 1.82) is 5.26 Å². The number of rotatable bonds is 2. The zero-order valence-electron chi connectivity index (χ0n) is 15.4. The molecule has 5 heteroatoms. The summed E-state index contributed by atoms with van der Waals surface area (Å²) in [5.41, 5.74) is 5.93. The Morgan fingerprint density at radius 3 is 2.32 bits per heavy atom. The molecule has 0 unspecified atom stereocenters. The molecule has 0 saturated carbocycles. The second-order valence-corrected chi connectivity index (χ2v) is 6.96. The first-order chi connectivity index (χ1) is 13.8. The highest BCUT2D eigenvalue weighted by Gasteiger charge is 2.28. The maximum atomic E-state index is 9.56. The highest BCUT2D eigenvalue weighted by molar-refractivity contribution is 6.25. The van der Waals surface area contributed by atoms with Gasteiger partial charge in [0, 0.05) is 36.0 Å². The Labute approximate surface area is 164 Å². The number of fused-ring (bicyclic) bond motifs is 3. The van der Waals surface area contributed by atoms with Crippen molar-refractivity contribution >= 4 is 11.5 Å². The van der Waals surface area contributed by atoms with Crippen molar-refractivity contribution in [3.05, 3.63) is 83.6 Å². The van der Waals surface area contributed by atoms with Gasteiger partial charge in [0.05, 0.1) is 30.4 Å². The van der Waals surface area contributed by atoms with E-state index in [-0.39, 0.29) is 0 Å². The number of nitrogens with zero attached hydrogens (tertiary/aromatic N) is 5. The first-order valence-corrected chi connectivity index (χ1v) is 9.48. The molecule has 1 aliphatic carbocycles. The van der Waals surface area contributed by atoms with Crippen molar-refractivity contribution in [1.82, 2.24) is 9.99 Å². The molecule has 2 aliphatic rings. The fraction of sp³-hybridized carbons (Fsp3) is 0.174. The van der Waals surface area contributed by atoms with Gasteiger partial charge in [-0.25, -0.2) is 4.98 Å². The average molecular weight is 365 g/mol. The molecule has 5 rings (SSSR count). The molecule has 0 atom stereocenters. The average Bonchev–Trinajstić information content (AvgIpc) is 3.09. The van der Waals surface area contributed by atoms with Crippen molar-refractivity contribution in [3.63, 3.8) is 0 Å². The normalized spacial score (nSPS) is 16.6. The maximum absolute atomic E-state index is 9.56. The second kappa shape index (κ2) is 6.82. The largest absolute Gasteiger partial charge is 0.353 e. The predicted octanol–water partition coefficient (Wildman–Crippen LogP) is 3.51. The number of aromatic nitrogens is 1. The van der Waals surface area contributed by atoms with Crippen LogP contribution in [-0.4, -0.2) is 41.9 Å². The molecule has 28 heavy (non-hydrogen) atoms. The van der Waals surface area contributed by atoms with E-state index in [0.717, 1.165) is 60.0 Å². The molecule has 0 bridgehead atoms. The lowest BCUT2D eigenvalue weighted by Crippen LogP contribution is -2.44. The van der Waals surface area contributed by atoms with Gasteiger partial charge in [-0.15, -0.1) is 0 Å². The summed E-state index contributed by atoms with van der Waals surface area (Å²) in [4.78, 5) is 6.74. The summed E-state index contributed by atoms with van der Waals surface area (Å²) in [6, 6.07) is 22.5. The molecule has 0 radical (unpaired) electrons. The van der Waals surface area contributed by atoms with Crippen LogP contribution in [0.2, 0.25) is 0 Å². The van der Waals surface area contributed by atoms with E-state index in [1.54, 1.807) is 0 Å². The molecule has 0 amide bonds. The minimum absolute atomic E-state index is 0.704. The van der Waals surface area contributed by atoms with Crippen LogP contribution >= 0.6 is 0 Å². The second-order valence-electron chi connectivity index (χ2n) is 6.96. The topological polar surface area (TPSA) is 55.5 Å². The predicted molar refractivity (Wildman–Crippen MR) is 110 cm³/mol. The van der Waals surface area contributed by atoms with E-state index in [2.05, 4.69) is 45.2 Å². The molecule has 0 N–H and O–H groups in total. The maximum Gasteiger partial charge on any atom is 0.128 e. The highest BCUT2D eigenvalue weighted by atomic mass is 15.5. The monoisotopic (exact) mass is 365 g/mol. The van der Waals surface area contributed by atoms with Gasteiger partial charge < -0.3 is 4.90 Å². The van der Waals surface area contributed by atoms with Crippen LogP contribution in [0.4, 0.5) is 5.82 Å². The quantitative estimate of drug-likeness (QED) is 0.545. The van der Waals surface area contributed by atoms with Gasteiger partial charge >= 0.3 is 0 Å². The van der Waals surface area contributed by atoms with Crippen LogP contribution in [0.1, 0.15) is 16.7 Å². The third-order valence-electron chi connectivity index (χ3n) is 5.36. The molecule has 1 aromatic heterocycles. The fourth-order valence-electron chi connectivity index (χ4n) is 4.00. The van der Waals surface area contributed by atoms with Gasteiger partial charge in [-0.2, -0.15) is 10.4 Å². The van der Waals surface area contributed by atoms with Crippen LogP contribution in [0.3, 0.4) is 0 Å². The number of nitriles is 1. The highest BCUT2D eigenvalue weighted by Crippen LogP contribution is 2.39. The number of hydrogen-bond acceptors (Lipinski definition) is 5. The molecule has 136 valence electrons. The molecule has 1 saturated heterocycles. The summed E-state index contributed by atoms with van der Waals surface area (Å²) >= 11 is 0. The van der Waals surface area contributed by atoms with E-state index < -0.39 is 0 Å². The summed E-state index contributed by atoms with van der Waals surface area (Å²) in [6.07, 6.45) is 1.83. The number of benzene rings is 2. The molecule has 2 heterocycles. The van der Waals surface area contributed by atoms with Crippen molar-refractivity contribution in [3.8, 4) is 17.2 Å². The summed E-state index contributed by atoms with van der Waals surface area (Å²) in [5.74, 6) is 1.02. The minimum atomic E-state index is 0.704. The van der Waals surface area contributed by atoms with E-state index in [1.807, 2.05) is 42.6 Å². The summed E-state index contributed by atoms with van der Waals surface area (Å²) < 4.78 is 0. The van der Waals surface area contributed by atoms with Crippen LogP contribution in [0.25, 0.3) is 11.1 Å². The summed E-state index contributed by atoms with van der Waals surface area (Å²) in [7, 11) is 0. The fourth-order valence-corrected chi connectivity index (χ4v) is 4.00. The molecule has 3 aromatic rings. The number of anilines is 1. The molecular weight excluding hydrogens is 346 g/mol. The number of piperazine rings is 1. The lowest BCUT2D eigenvalue weighted by molar-refractivity contribution is 0.270. The van der Waals surface area contributed by atoms with E-state index in [0.29, 0.717) is 5.56 Å². The van der Waals surface area contributed by atoms with Crippen LogP contribution < -0.4 is 4.90 Å². The lowest BCUT2D eigenvalue weighted by Gasteiger charge is -2.34. The third-order valence-corrected chi connectivity index (χ3v) is 5.36. The van der Waals surface area contributed by atoms with Crippen LogP contribution in [0.5, 0.6) is 0 Å². The molecule has 5 nitrogen and oxygen atoms in total. The van der Waals surface area contributed by atoms with E-state index >= 15 is 0 Å². The van der Waals surface area contributed by atoms with Gasteiger partial charge in [0.25, 0.3) is 0 Å². The first-order valence-electron chi connectivity index (χ1n) is 9.48. The van der Waals surface area contributed by atoms with Crippen molar-refractivity contribution in [2.24, 2.45) is 5.10 Å². The smallest absolute Gasteiger partial charge is 0.128 e. The molecule has 1 aliphatic heterocycles. The SMILES string of the molecule is N#Cc1cccc2c1-c1ccccc1C2=NN1CCN(c2ccccn2)CC1. The first kappa shape index (κ1) is 16.5. The van der Waals surface area contributed by atoms with E-state index in [1.165, 1.54) is 0 Å². The Hall–Kier alpha value is -3.65. The Bertz CT molecular complexity index is 1090. The van der Waals surface area contributed by atoms with Crippen molar-refractivity contribution in [2.45, 2.75) is 0 Å². The molecule has 2 aromatic carbocycles. The Morgan fingerprint density at radius 2 is 1.57 bits per heavy atom. The lowest BCUT2D eigenvalue weighted by atomic mass is 10.0. The van der Waals surface area contributed by atoms with Gasteiger partial charge in [-0.05, 0) is 23.8 Å². The minimum Gasteiger partial charge on any atom is -0.353 e. The molecule has 1 fully saturated rings. The van der Waals surface area contributed by atoms with Gasteiger partial charge in [0.15, 0.2) is 0 Å². The van der Waals surface area contributed by atoms with Gasteiger partial charge in [-0.1, -0.05) is 42.5 Å². The van der Waals surface area contributed by atoms with Crippen molar-refractivity contribution < 1.29 is 0 Å². The summed E-state index contributed by atoms with van der Waals surface area (Å²) in [5, 5.41) is 16.7. The Kier molecular flexibility index (Phi) is 4.02. The number of hydrazone groups is 1.